The molecule has 0 aliphatic carbocycles. The average Bonchev–Trinajstić information content (AvgIpc) is 2.58. The molecule has 0 amide bonds. The number of ether oxygens (including phenoxy) is 1. The molecule has 172 valence electrons. The molecule has 30 heavy (non-hydrogen) atoms. The summed E-state index contributed by atoms with van der Waals surface area (Å²) in [6.07, 6.45) is -7.95. The van der Waals surface area contributed by atoms with E-state index in [9.17, 15) is 47.9 Å². The van der Waals surface area contributed by atoms with Gasteiger partial charge in [0.15, 0.2) is 0 Å². The number of hydrogen-bond acceptors (Lipinski definition) is 4. The third-order valence-electron chi connectivity index (χ3n) is 3.65. The molecule has 0 saturated carbocycles. The summed E-state index contributed by atoms with van der Waals surface area (Å²) < 4.78 is 149. The van der Waals surface area contributed by atoms with Crippen LogP contribution in [-0.4, -0.2) is 52.3 Å². The van der Waals surface area contributed by atoms with E-state index in [-0.39, 0.29) is 11.3 Å². The van der Waals surface area contributed by atoms with E-state index in [2.05, 4.69) is 4.18 Å². The van der Waals surface area contributed by atoms with Crippen molar-refractivity contribution < 1.29 is 56.9 Å². The van der Waals surface area contributed by atoms with Crippen LogP contribution in [0.25, 0.3) is 5.57 Å². The quantitative estimate of drug-likeness (QED) is 0.377. The molecule has 0 atom stereocenters. The summed E-state index contributed by atoms with van der Waals surface area (Å²) in [6, 6.07) is 4.39. The zero-order chi connectivity index (χ0) is 23.6. The van der Waals surface area contributed by atoms with Crippen LogP contribution in [0.1, 0.15) is 12.0 Å². The SMILES string of the molecule is COc1ccc(/C(=C/C(F)(F)C(F)(F)C(F)(F)C(F)(F)F)CCOS(C)(=O)=O)cc1. The van der Waals surface area contributed by atoms with E-state index < -0.39 is 58.7 Å². The largest absolute Gasteiger partial charge is 0.497 e. The molecule has 0 heterocycles. The maximum absolute atomic E-state index is 14.0. The lowest BCUT2D eigenvalue weighted by atomic mass is 9.96. The van der Waals surface area contributed by atoms with Gasteiger partial charge in [0.2, 0.25) is 0 Å². The molecule has 1 aromatic rings. The Morgan fingerprint density at radius 1 is 0.933 bits per heavy atom. The summed E-state index contributed by atoms with van der Waals surface area (Å²) in [4.78, 5) is 0. The maximum Gasteiger partial charge on any atom is 0.460 e. The Hall–Kier alpha value is -1.96. The Bertz CT molecular complexity index is 860. The molecule has 0 saturated heterocycles. The molecule has 0 aromatic heterocycles. The van der Waals surface area contributed by atoms with Crippen molar-refractivity contribution in [3.8, 4) is 5.75 Å². The fourth-order valence-electron chi connectivity index (χ4n) is 2.10. The van der Waals surface area contributed by atoms with Gasteiger partial charge < -0.3 is 4.74 Å². The number of methoxy groups -OCH3 is 1. The van der Waals surface area contributed by atoms with Gasteiger partial charge in [-0.25, -0.2) is 0 Å². The van der Waals surface area contributed by atoms with E-state index in [1.165, 1.54) is 19.2 Å². The van der Waals surface area contributed by atoms with Crippen LogP contribution in [0.2, 0.25) is 0 Å². The first-order chi connectivity index (χ1) is 13.4. The van der Waals surface area contributed by atoms with E-state index in [1.54, 1.807) is 0 Å². The molecule has 0 aliphatic heterocycles. The van der Waals surface area contributed by atoms with E-state index in [1.807, 2.05) is 0 Å². The summed E-state index contributed by atoms with van der Waals surface area (Å²) >= 11 is 0. The van der Waals surface area contributed by atoms with Gasteiger partial charge in [-0.05, 0) is 35.8 Å². The second-order valence-electron chi connectivity index (χ2n) is 5.94. The van der Waals surface area contributed by atoms with Crippen LogP contribution in [0.4, 0.5) is 39.5 Å². The second-order valence-corrected chi connectivity index (χ2v) is 7.59. The Balaban J connectivity index is 3.44. The summed E-state index contributed by atoms with van der Waals surface area (Å²) in [5.74, 6) is -19.7. The van der Waals surface area contributed by atoms with Gasteiger partial charge in [0.25, 0.3) is 10.1 Å². The minimum absolute atomic E-state index is 0.186. The highest BCUT2D eigenvalue weighted by Crippen LogP contribution is 2.54. The summed E-state index contributed by atoms with van der Waals surface area (Å²) in [6.45, 7) is -0.867. The van der Waals surface area contributed by atoms with E-state index >= 15 is 0 Å². The van der Waals surface area contributed by atoms with Gasteiger partial charge in [0.1, 0.15) is 5.75 Å². The summed E-state index contributed by atoms with van der Waals surface area (Å²) in [5, 5.41) is 0. The molecule has 14 heteroatoms. The van der Waals surface area contributed by atoms with Gasteiger partial charge in [-0.3, -0.25) is 4.18 Å². The van der Waals surface area contributed by atoms with E-state index in [0.29, 0.717) is 6.26 Å². The zero-order valence-electron chi connectivity index (χ0n) is 15.2. The Morgan fingerprint density at radius 3 is 1.83 bits per heavy atom. The molecule has 4 nitrogen and oxygen atoms in total. The van der Waals surface area contributed by atoms with Crippen molar-refractivity contribution in [3.05, 3.63) is 35.9 Å². The zero-order valence-corrected chi connectivity index (χ0v) is 16.1. The van der Waals surface area contributed by atoms with Gasteiger partial charge in [0.05, 0.1) is 20.0 Å². The molecule has 0 spiro atoms. The standard InChI is InChI=1S/C16H15F9O4S/c1-28-12-5-3-10(4-6-12)11(7-8-29-30(2,26)27)9-13(17,18)14(19,20)15(21,22)16(23,24)25/h3-6,9H,7-8H2,1-2H3/b11-9+. The van der Waals surface area contributed by atoms with Gasteiger partial charge in [-0.1, -0.05) is 12.1 Å². The highest BCUT2D eigenvalue weighted by molar-refractivity contribution is 7.85. The number of benzene rings is 1. The average molecular weight is 474 g/mol. The van der Waals surface area contributed by atoms with Crippen LogP contribution in [0.5, 0.6) is 5.75 Å². The summed E-state index contributed by atoms with van der Waals surface area (Å²) in [5.41, 5.74) is -1.15. The Labute approximate surface area is 165 Å². The van der Waals surface area contributed by atoms with Crippen molar-refractivity contribution in [2.24, 2.45) is 0 Å². The fraction of sp³-hybridized carbons (Fsp3) is 0.500. The lowest BCUT2D eigenvalue weighted by Crippen LogP contribution is -2.60. The van der Waals surface area contributed by atoms with E-state index in [0.717, 1.165) is 12.1 Å². The van der Waals surface area contributed by atoms with Gasteiger partial charge >= 0.3 is 23.9 Å². The van der Waals surface area contributed by atoms with Gasteiger partial charge in [-0.2, -0.15) is 47.9 Å². The smallest absolute Gasteiger partial charge is 0.460 e. The Morgan fingerprint density at radius 2 is 1.43 bits per heavy atom. The lowest BCUT2D eigenvalue weighted by Gasteiger charge is -2.32. The molecular formula is C16H15F9O4S. The number of halogens is 9. The third-order valence-corrected chi connectivity index (χ3v) is 4.25. The first-order valence-electron chi connectivity index (χ1n) is 7.76. The molecule has 0 fully saturated rings. The highest BCUT2D eigenvalue weighted by atomic mass is 32.2. The van der Waals surface area contributed by atoms with Gasteiger partial charge in [-0.15, -0.1) is 0 Å². The van der Waals surface area contributed by atoms with Crippen molar-refractivity contribution >= 4 is 15.7 Å². The molecule has 1 aromatic carbocycles. The first-order valence-corrected chi connectivity index (χ1v) is 9.58. The Kier molecular flexibility index (Phi) is 7.52. The monoisotopic (exact) mass is 474 g/mol. The molecule has 0 bridgehead atoms. The normalized spacial score (nSPS) is 14.7. The second kappa shape index (κ2) is 8.65. The van der Waals surface area contributed by atoms with Crippen LogP contribution in [-0.2, 0) is 14.3 Å². The van der Waals surface area contributed by atoms with Crippen LogP contribution >= 0.6 is 0 Å². The van der Waals surface area contributed by atoms with Gasteiger partial charge in [0, 0.05) is 0 Å². The molecular weight excluding hydrogens is 459 g/mol. The van der Waals surface area contributed by atoms with Crippen LogP contribution in [0, 0.1) is 0 Å². The van der Waals surface area contributed by atoms with Crippen LogP contribution < -0.4 is 4.74 Å². The highest BCUT2D eigenvalue weighted by Gasteiger charge is 2.81. The topological polar surface area (TPSA) is 52.6 Å². The molecule has 0 N–H and O–H groups in total. The van der Waals surface area contributed by atoms with Crippen molar-refractivity contribution in [2.45, 2.75) is 30.4 Å². The van der Waals surface area contributed by atoms with Crippen molar-refractivity contribution in [1.29, 1.82) is 0 Å². The fourth-order valence-corrected chi connectivity index (χ4v) is 2.49. The number of alkyl halides is 9. The number of hydrogen-bond donors (Lipinski definition) is 0. The molecule has 0 aliphatic rings. The third kappa shape index (κ3) is 5.80. The predicted octanol–water partition coefficient (Wildman–Crippen LogP) is 4.91. The molecule has 0 radical (unpaired) electrons. The number of allylic oxidation sites excluding steroid dienone is 1. The molecule has 1 rings (SSSR count). The predicted molar refractivity (Wildman–Crippen MR) is 87.3 cm³/mol. The van der Waals surface area contributed by atoms with Crippen LogP contribution in [0.3, 0.4) is 0 Å². The van der Waals surface area contributed by atoms with Crippen molar-refractivity contribution in [3.63, 3.8) is 0 Å². The summed E-state index contributed by atoms with van der Waals surface area (Å²) in [7, 11) is -2.84. The van der Waals surface area contributed by atoms with E-state index in [4.69, 9.17) is 4.74 Å². The van der Waals surface area contributed by atoms with Crippen molar-refractivity contribution in [2.75, 3.05) is 20.0 Å². The number of rotatable bonds is 9. The lowest BCUT2D eigenvalue weighted by molar-refractivity contribution is -0.388. The van der Waals surface area contributed by atoms with Crippen LogP contribution in [0.15, 0.2) is 30.3 Å². The molecule has 0 unspecified atom stereocenters. The maximum atomic E-state index is 14.0. The minimum Gasteiger partial charge on any atom is -0.497 e. The minimum atomic E-state index is -7.05. The van der Waals surface area contributed by atoms with Crippen molar-refractivity contribution in [1.82, 2.24) is 0 Å². The first kappa shape index (κ1) is 26.1.